The normalized spacial score (nSPS) is 12.5. The number of anilines is 1. The monoisotopic (exact) mass is 414 g/mol. The summed E-state index contributed by atoms with van der Waals surface area (Å²) in [4.78, 5) is 38.4. The van der Waals surface area contributed by atoms with E-state index in [-0.39, 0.29) is 28.8 Å². The number of amides is 1. The first-order chi connectivity index (χ1) is 14.6. The topological polar surface area (TPSA) is 93.4 Å². The standard InChI is InChI=1S/C22H14N4O3S/c27-18(12-30-22-25-24-17-10-3-4-11-26(17)22)23-16-9-5-8-15-19(16)21(29)14-7-2-1-6-13(14)20(15)28/h1-11H,12H2,(H,23,27). The summed E-state index contributed by atoms with van der Waals surface area (Å²) in [5.74, 6) is -0.717. The van der Waals surface area contributed by atoms with Crippen LogP contribution in [0.5, 0.6) is 0 Å². The molecule has 1 aliphatic rings. The Balaban J connectivity index is 1.39. The van der Waals surface area contributed by atoms with E-state index in [1.165, 1.54) is 11.8 Å². The number of benzene rings is 2. The molecule has 7 nitrogen and oxygen atoms in total. The van der Waals surface area contributed by atoms with Gasteiger partial charge in [0.25, 0.3) is 0 Å². The van der Waals surface area contributed by atoms with Gasteiger partial charge in [0.1, 0.15) is 0 Å². The van der Waals surface area contributed by atoms with Crippen LogP contribution in [0.3, 0.4) is 0 Å². The van der Waals surface area contributed by atoms with Crippen LogP contribution < -0.4 is 5.32 Å². The fraction of sp³-hybridized carbons (Fsp3) is 0.0455. The second-order valence-corrected chi connectivity index (χ2v) is 7.62. The highest BCUT2D eigenvalue weighted by atomic mass is 32.2. The quantitative estimate of drug-likeness (QED) is 0.454. The molecule has 30 heavy (non-hydrogen) atoms. The van der Waals surface area contributed by atoms with Gasteiger partial charge in [0.15, 0.2) is 22.4 Å². The van der Waals surface area contributed by atoms with Crippen LogP contribution in [0, 0.1) is 0 Å². The van der Waals surface area contributed by atoms with Crippen molar-refractivity contribution in [2.45, 2.75) is 5.16 Å². The van der Waals surface area contributed by atoms with E-state index in [0.29, 0.717) is 33.2 Å². The molecule has 4 aromatic rings. The zero-order valence-corrected chi connectivity index (χ0v) is 16.3. The summed E-state index contributed by atoms with van der Waals surface area (Å²) < 4.78 is 1.79. The maximum absolute atomic E-state index is 13.0. The summed E-state index contributed by atoms with van der Waals surface area (Å²) in [7, 11) is 0. The number of carbonyl (C=O) groups is 3. The third kappa shape index (κ3) is 2.98. The molecule has 0 fully saturated rings. The third-order valence-electron chi connectivity index (χ3n) is 4.84. The highest BCUT2D eigenvalue weighted by Gasteiger charge is 2.31. The van der Waals surface area contributed by atoms with Crippen molar-refractivity contribution in [3.63, 3.8) is 0 Å². The van der Waals surface area contributed by atoms with Crippen molar-refractivity contribution in [1.29, 1.82) is 0 Å². The van der Waals surface area contributed by atoms with Gasteiger partial charge in [-0.2, -0.15) is 0 Å². The van der Waals surface area contributed by atoms with Crippen LogP contribution in [0.25, 0.3) is 5.65 Å². The smallest absolute Gasteiger partial charge is 0.234 e. The molecule has 2 aromatic heterocycles. The molecule has 146 valence electrons. The van der Waals surface area contributed by atoms with Crippen LogP contribution in [0.15, 0.2) is 72.0 Å². The molecule has 2 heterocycles. The van der Waals surface area contributed by atoms with Gasteiger partial charge < -0.3 is 5.32 Å². The molecule has 0 saturated heterocycles. The lowest BCUT2D eigenvalue weighted by Crippen LogP contribution is -2.24. The molecular weight excluding hydrogens is 400 g/mol. The summed E-state index contributed by atoms with van der Waals surface area (Å²) in [6.45, 7) is 0. The molecule has 0 aliphatic heterocycles. The van der Waals surface area contributed by atoms with Crippen molar-refractivity contribution in [1.82, 2.24) is 14.6 Å². The highest BCUT2D eigenvalue weighted by molar-refractivity contribution is 7.99. The predicted molar refractivity (Wildman–Crippen MR) is 112 cm³/mol. The van der Waals surface area contributed by atoms with E-state index >= 15 is 0 Å². The number of hydrogen-bond donors (Lipinski definition) is 1. The molecule has 0 bridgehead atoms. The molecule has 0 atom stereocenters. The second-order valence-electron chi connectivity index (χ2n) is 6.68. The van der Waals surface area contributed by atoms with Crippen molar-refractivity contribution < 1.29 is 14.4 Å². The Bertz CT molecular complexity index is 1350. The molecule has 1 amide bonds. The third-order valence-corrected chi connectivity index (χ3v) is 5.78. The average Bonchev–Trinajstić information content (AvgIpc) is 3.19. The number of thioether (sulfide) groups is 1. The van der Waals surface area contributed by atoms with Crippen LogP contribution in [0.1, 0.15) is 31.8 Å². The van der Waals surface area contributed by atoms with Gasteiger partial charge in [0.2, 0.25) is 5.91 Å². The van der Waals surface area contributed by atoms with Gasteiger partial charge in [-0.05, 0) is 18.2 Å². The Hall–Kier alpha value is -3.78. The minimum Gasteiger partial charge on any atom is -0.325 e. The number of carbonyl (C=O) groups excluding carboxylic acids is 3. The molecule has 8 heteroatoms. The van der Waals surface area contributed by atoms with Crippen LogP contribution in [0.2, 0.25) is 0 Å². The first-order valence-corrected chi connectivity index (χ1v) is 10.2. The van der Waals surface area contributed by atoms with Gasteiger partial charge >= 0.3 is 0 Å². The first-order valence-electron chi connectivity index (χ1n) is 9.17. The van der Waals surface area contributed by atoms with Crippen molar-refractivity contribution >= 4 is 40.6 Å². The Labute approximate surface area is 175 Å². The van der Waals surface area contributed by atoms with Gasteiger partial charge in [-0.1, -0.05) is 54.2 Å². The lowest BCUT2D eigenvalue weighted by Gasteiger charge is -2.20. The number of ketones is 2. The van der Waals surface area contributed by atoms with E-state index in [1.54, 1.807) is 46.9 Å². The minimum absolute atomic E-state index is 0.0814. The lowest BCUT2D eigenvalue weighted by atomic mass is 9.83. The molecule has 0 unspecified atom stereocenters. The zero-order chi connectivity index (χ0) is 20.7. The average molecular weight is 414 g/mol. The van der Waals surface area contributed by atoms with E-state index in [9.17, 15) is 14.4 Å². The number of nitrogens with one attached hydrogen (secondary N) is 1. The van der Waals surface area contributed by atoms with E-state index in [2.05, 4.69) is 15.5 Å². The van der Waals surface area contributed by atoms with Gasteiger partial charge in [-0.25, -0.2) is 0 Å². The largest absolute Gasteiger partial charge is 0.325 e. The maximum atomic E-state index is 13.0. The van der Waals surface area contributed by atoms with Crippen molar-refractivity contribution in [2.75, 3.05) is 11.1 Å². The molecule has 5 rings (SSSR count). The van der Waals surface area contributed by atoms with Gasteiger partial charge in [-0.3, -0.25) is 18.8 Å². The van der Waals surface area contributed by atoms with Gasteiger partial charge in [0.05, 0.1) is 17.0 Å². The van der Waals surface area contributed by atoms with E-state index in [1.807, 2.05) is 24.4 Å². The van der Waals surface area contributed by atoms with E-state index < -0.39 is 0 Å². The molecule has 1 N–H and O–H groups in total. The number of pyridine rings is 1. The lowest BCUT2D eigenvalue weighted by molar-refractivity contribution is -0.113. The summed E-state index contributed by atoms with van der Waals surface area (Å²) in [5, 5.41) is 11.5. The molecule has 0 spiro atoms. The predicted octanol–water partition coefficient (Wildman–Crippen LogP) is 3.24. The van der Waals surface area contributed by atoms with Crippen LogP contribution in [-0.2, 0) is 4.79 Å². The van der Waals surface area contributed by atoms with Crippen molar-refractivity contribution in [3.8, 4) is 0 Å². The molecule has 2 aromatic carbocycles. The Morgan fingerprint density at radius 3 is 2.43 bits per heavy atom. The van der Waals surface area contributed by atoms with Crippen LogP contribution in [-0.4, -0.2) is 37.8 Å². The number of fused-ring (bicyclic) bond motifs is 3. The molecule has 0 radical (unpaired) electrons. The van der Waals surface area contributed by atoms with Crippen molar-refractivity contribution in [2.24, 2.45) is 0 Å². The Morgan fingerprint density at radius 1 is 0.867 bits per heavy atom. The Kier molecular flexibility index (Phi) is 4.40. The highest BCUT2D eigenvalue weighted by Crippen LogP contribution is 2.32. The second kappa shape index (κ2) is 7.23. The van der Waals surface area contributed by atoms with E-state index in [4.69, 9.17) is 0 Å². The van der Waals surface area contributed by atoms with Crippen LogP contribution in [0.4, 0.5) is 5.69 Å². The maximum Gasteiger partial charge on any atom is 0.234 e. The number of rotatable bonds is 4. The fourth-order valence-electron chi connectivity index (χ4n) is 3.48. The first kappa shape index (κ1) is 18.3. The SMILES string of the molecule is O=C(CSc1nnc2ccccn12)Nc1cccc2c1C(=O)c1ccccc1C2=O. The summed E-state index contributed by atoms with van der Waals surface area (Å²) in [6, 6.07) is 17.2. The van der Waals surface area contributed by atoms with E-state index in [0.717, 1.165) is 0 Å². The van der Waals surface area contributed by atoms with Gasteiger partial charge in [0, 0.05) is 22.9 Å². The number of hydrogen-bond acceptors (Lipinski definition) is 6. The molecule has 0 saturated carbocycles. The van der Waals surface area contributed by atoms with Crippen molar-refractivity contribution in [3.05, 3.63) is 89.1 Å². The van der Waals surface area contributed by atoms with Crippen LogP contribution >= 0.6 is 11.8 Å². The summed E-state index contributed by atoms with van der Waals surface area (Å²) >= 11 is 1.24. The molecular formula is C22H14N4O3S. The number of aromatic nitrogens is 3. The zero-order valence-electron chi connectivity index (χ0n) is 15.5. The van der Waals surface area contributed by atoms with Gasteiger partial charge in [-0.15, -0.1) is 10.2 Å². The fourth-order valence-corrected chi connectivity index (χ4v) is 4.21. The Morgan fingerprint density at radius 2 is 1.60 bits per heavy atom. The summed E-state index contributed by atoms with van der Waals surface area (Å²) in [5.41, 5.74) is 2.28. The minimum atomic E-state index is -0.305. The number of nitrogens with zero attached hydrogens (tertiary/aromatic N) is 3. The summed E-state index contributed by atoms with van der Waals surface area (Å²) in [6.07, 6.45) is 1.82. The molecule has 1 aliphatic carbocycles.